The Bertz CT molecular complexity index is 1300. The van der Waals surface area contributed by atoms with Crippen LogP contribution in [0, 0.1) is 0 Å². The van der Waals surface area contributed by atoms with Crippen molar-refractivity contribution >= 4 is 22.5 Å². The van der Waals surface area contributed by atoms with Crippen LogP contribution in [0.3, 0.4) is 0 Å². The van der Waals surface area contributed by atoms with Crippen molar-refractivity contribution in [2.45, 2.75) is 6.54 Å². The van der Waals surface area contributed by atoms with Crippen LogP contribution in [0.1, 0.15) is 15.9 Å². The molecule has 0 atom stereocenters. The van der Waals surface area contributed by atoms with Gasteiger partial charge in [0.2, 0.25) is 0 Å². The van der Waals surface area contributed by atoms with Gasteiger partial charge in [-0.2, -0.15) is 0 Å². The summed E-state index contributed by atoms with van der Waals surface area (Å²) in [7, 11) is 3.10. The van der Waals surface area contributed by atoms with Gasteiger partial charge in [0.15, 0.2) is 0 Å². The molecule has 7 nitrogen and oxygen atoms in total. The van der Waals surface area contributed by atoms with Crippen LogP contribution in [0.4, 0.5) is 5.69 Å². The Morgan fingerprint density at radius 2 is 1.77 bits per heavy atom. The monoisotopic (exact) mass is 415 g/mol. The summed E-state index contributed by atoms with van der Waals surface area (Å²) in [6, 6.07) is 19.5. The van der Waals surface area contributed by atoms with Gasteiger partial charge in [0.05, 0.1) is 43.7 Å². The molecule has 1 aromatic heterocycles. The lowest BCUT2D eigenvalue weighted by molar-refractivity contribution is 0.102. The van der Waals surface area contributed by atoms with Crippen molar-refractivity contribution in [3.05, 3.63) is 94.5 Å². The number of para-hydroxylation sites is 1. The normalized spacial score (nSPS) is 10.6. The number of methoxy groups -OCH3 is 2. The first-order valence-electron chi connectivity index (χ1n) is 9.65. The first-order chi connectivity index (χ1) is 15.1. The van der Waals surface area contributed by atoms with Gasteiger partial charge in [0.25, 0.3) is 11.5 Å². The minimum atomic E-state index is -0.264. The van der Waals surface area contributed by atoms with Crippen LogP contribution in [-0.4, -0.2) is 29.7 Å². The van der Waals surface area contributed by atoms with Crippen molar-refractivity contribution in [2.75, 3.05) is 19.5 Å². The molecule has 31 heavy (non-hydrogen) atoms. The molecule has 0 aliphatic rings. The summed E-state index contributed by atoms with van der Waals surface area (Å²) in [6.07, 6.45) is 1.54. The molecular formula is C24H21N3O4. The third-order valence-corrected chi connectivity index (χ3v) is 4.96. The van der Waals surface area contributed by atoms with Gasteiger partial charge in [-0.15, -0.1) is 0 Å². The molecule has 0 saturated carbocycles. The fourth-order valence-electron chi connectivity index (χ4n) is 3.27. The Hall–Kier alpha value is -4.13. The van der Waals surface area contributed by atoms with Crippen LogP contribution in [0.15, 0.2) is 77.9 Å². The molecule has 156 valence electrons. The first-order valence-corrected chi connectivity index (χ1v) is 9.65. The molecule has 3 aromatic carbocycles. The number of carbonyl (C=O) groups is 1. The highest BCUT2D eigenvalue weighted by Crippen LogP contribution is 2.29. The van der Waals surface area contributed by atoms with E-state index in [1.54, 1.807) is 54.4 Å². The minimum Gasteiger partial charge on any atom is -0.497 e. The molecule has 1 N–H and O–H groups in total. The molecule has 4 rings (SSSR count). The van der Waals surface area contributed by atoms with Crippen molar-refractivity contribution in [3.63, 3.8) is 0 Å². The Morgan fingerprint density at radius 1 is 1.00 bits per heavy atom. The number of hydrogen-bond donors (Lipinski definition) is 1. The predicted octanol–water partition coefficient (Wildman–Crippen LogP) is 3.71. The second-order valence-corrected chi connectivity index (χ2v) is 6.91. The average molecular weight is 415 g/mol. The lowest BCUT2D eigenvalue weighted by Crippen LogP contribution is -2.21. The van der Waals surface area contributed by atoms with E-state index in [9.17, 15) is 9.59 Å². The molecule has 0 unspecified atom stereocenters. The molecule has 0 aliphatic carbocycles. The second-order valence-electron chi connectivity index (χ2n) is 6.91. The number of amides is 1. The second kappa shape index (κ2) is 8.71. The predicted molar refractivity (Wildman–Crippen MR) is 119 cm³/mol. The summed E-state index contributed by atoms with van der Waals surface area (Å²) in [5.74, 6) is 0.879. The van der Waals surface area contributed by atoms with E-state index in [2.05, 4.69) is 10.3 Å². The topological polar surface area (TPSA) is 82.5 Å². The Morgan fingerprint density at radius 3 is 2.52 bits per heavy atom. The number of carbonyl (C=O) groups excluding carboxylic acids is 1. The summed E-state index contributed by atoms with van der Waals surface area (Å²) < 4.78 is 12.0. The maximum atomic E-state index is 12.7. The zero-order valence-electron chi connectivity index (χ0n) is 17.2. The minimum absolute atomic E-state index is 0.0981. The van der Waals surface area contributed by atoms with Gasteiger partial charge in [0, 0.05) is 11.6 Å². The summed E-state index contributed by atoms with van der Waals surface area (Å²) >= 11 is 0. The molecule has 0 fully saturated rings. The van der Waals surface area contributed by atoms with Crippen molar-refractivity contribution in [1.82, 2.24) is 9.55 Å². The zero-order valence-corrected chi connectivity index (χ0v) is 17.2. The molecule has 0 bridgehead atoms. The Kier molecular flexibility index (Phi) is 5.66. The van der Waals surface area contributed by atoms with Gasteiger partial charge in [-0.3, -0.25) is 14.2 Å². The molecule has 7 heteroatoms. The van der Waals surface area contributed by atoms with Crippen molar-refractivity contribution in [3.8, 4) is 11.5 Å². The summed E-state index contributed by atoms with van der Waals surface area (Å²) in [4.78, 5) is 29.6. The fourth-order valence-corrected chi connectivity index (χ4v) is 3.27. The van der Waals surface area contributed by atoms with Gasteiger partial charge >= 0.3 is 0 Å². The standard InChI is InChI=1S/C24H21N3O4/c1-30-18-11-12-21(22(13-18)31-2)26-23(28)17-9-7-16(8-10-17)14-27-15-25-20-6-4-3-5-19(20)24(27)29/h3-13,15H,14H2,1-2H3,(H,26,28). The molecule has 0 saturated heterocycles. The van der Waals surface area contributed by atoms with E-state index in [-0.39, 0.29) is 11.5 Å². The number of anilines is 1. The maximum Gasteiger partial charge on any atom is 0.261 e. The third-order valence-electron chi connectivity index (χ3n) is 4.96. The summed E-state index contributed by atoms with van der Waals surface area (Å²) in [6.45, 7) is 0.366. The molecule has 1 heterocycles. The van der Waals surface area contributed by atoms with Crippen molar-refractivity contribution < 1.29 is 14.3 Å². The molecule has 1 amide bonds. The average Bonchev–Trinajstić information content (AvgIpc) is 2.81. The Balaban J connectivity index is 1.50. The number of nitrogens with zero attached hydrogens (tertiary/aromatic N) is 2. The number of rotatable bonds is 6. The van der Waals surface area contributed by atoms with Crippen LogP contribution in [-0.2, 0) is 6.54 Å². The highest BCUT2D eigenvalue weighted by atomic mass is 16.5. The Labute approximate surface area is 178 Å². The SMILES string of the molecule is COc1ccc(NC(=O)c2ccc(Cn3cnc4ccccc4c3=O)cc2)c(OC)c1. The molecule has 0 radical (unpaired) electrons. The van der Waals surface area contributed by atoms with E-state index in [1.165, 1.54) is 7.11 Å². The van der Waals surface area contributed by atoms with Crippen LogP contribution >= 0.6 is 0 Å². The van der Waals surface area contributed by atoms with Gasteiger partial charge in [-0.25, -0.2) is 4.98 Å². The summed E-state index contributed by atoms with van der Waals surface area (Å²) in [5, 5.41) is 3.42. The number of aromatic nitrogens is 2. The zero-order chi connectivity index (χ0) is 21.8. The van der Waals surface area contributed by atoms with E-state index in [1.807, 2.05) is 30.3 Å². The number of ether oxygens (including phenoxy) is 2. The van der Waals surface area contributed by atoms with Gasteiger partial charge < -0.3 is 14.8 Å². The van der Waals surface area contributed by atoms with E-state index >= 15 is 0 Å². The third kappa shape index (κ3) is 4.25. The highest BCUT2D eigenvalue weighted by Gasteiger charge is 2.11. The number of fused-ring (bicyclic) bond motifs is 1. The molecule has 0 aliphatic heterocycles. The lowest BCUT2D eigenvalue weighted by Gasteiger charge is -2.12. The molecule has 4 aromatic rings. The van der Waals surface area contributed by atoms with Crippen LogP contribution in [0.5, 0.6) is 11.5 Å². The largest absolute Gasteiger partial charge is 0.497 e. The number of benzene rings is 3. The van der Waals surface area contributed by atoms with E-state index in [0.717, 1.165) is 5.56 Å². The highest BCUT2D eigenvalue weighted by molar-refractivity contribution is 6.05. The first kappa shape index (κ1) is 20.2. The quantitative estimate of drug-likeness (QED) is 0.519. The fraction of sp³-hybridized carbons (Fsp3) is 0.125. The van der Waals surface area contributed by atoms with Crippen LogP contribution in [0.2, 0.25) is 0 Å². The van der Waals surface area contributed by atoms with E-state index < -0.39 is 0 Å². The smallest absolute Gasteiger partial charge is 0.261 e. The van der Waals surface area contributed by atoms with Gasteiger partial charge in [0.1, 0.15) is 11.5 Å². The molecule has 0 spiro atoms. The number of nitrogens with one attached hydrogen (secondary N) is 1. The van der Waals surface area contributed by atoms with Gasteiger partial charge in [-0.1, -0.05) is 24.3 Å². The van der Waals surface area contributed by atoms with Crippen LogP contribution in [0.25, 0.3) is 10.9 Å². The van der Waals surface area contributed by atoms with E-state index in [0.29, 0.717) is 40.2 Å². The summed E-state index contributed by atoms with van der Waals surface area (Å²) in [5.41, 5.74) is 2.50. The van der Waals surface area contributed by atoms with Crippen molar-refractivity contribution in [2.24, 2.45) is 0 Å². The van der Waals surface area contributed by atoms with Crippen molar-refractivity contribution in [1.29, 1.82) is 0 Å². The lowest BCUT2D eigenvalue weighted by atomic mass is 10.1. The molecular weight excluding hydrogens is 394 g/mol. The van der Waals surface area contributed by atoms with Gasteiger partial charge in [-0.05, 0) is 42.0 Å². The number of hydrogen-bond acceptors (Lipinski definition) is 5. The van der Waals surface area contributed by atoms with E-state index in [4.69, 9.17) is 9.47 Å². The van der Waals surface area contributed by atoms with Crippen LogP contribution < -0.4 is 20.3 Å². The maximum absolute atomic E-state index is 12.7.